The van der Waals surface area contributed by atoms with Gasteiger partial charge in [-0.3, -0.25) is 9.71 Å². The molecular weight excluding hydrogens is 432 g/mol. The molecule has 2 aromatic heterocycles. The minimum atomic E-state index is -3.81. The van der Waals surface area contributed by atoms with Gasteiger partial charge in [0.2, 0.25) is 0 Å². The van der Waals surface area contributed by atoms with Crippen molar-refractivity contribution in [2.24, 2.45) is 7.05 Å². The van der Waals surface area contributed by atoms with Crippen molar-refractivity contribution < 1.29 is 8.42 Å². The quantitative estimate of drug-likeness (QED) is 0.407. The number of para-hydroxylation sites is 1. The summed E-state index contributed by atoms with van der Waals surface area (Å²) in [6.45, 7) is 0. The van der Waals surface area contributed by atoms with Crippen molar-refractivity contribution in [1.82, 2.24) is 9.55 Å². The van der Waals surface area contributed by atoms with E-state index in [4.69, 9.17) is 5.26 Å². The Hall–Kier alpha value is -4.15. The van der Waals surface area contributed by atoms with E-state index in [1.165, 1.54) is 0 Å². The van der Waals surface area contributed by atoms with E-state index in [9.17, 15) is 8.42 Å². The zero-order valence-electron chi connectivity index (χ0n) is 17.9. The van der Waals surface area contributed by atoms with Crippen molar-refractivity contribution in [2.45, 2.75) is 11.3 Å². The highest BCUT2D eigenvalue weighted by Gasteiger charge is 2.19. The maximum Gasteiger partial charge on any atom is 0.264 e. The lowest BCUT2D eigenvalue weighted by molar-refractivity contribution is 0.602. The van der Waals surface area contributed by atoms with Crippen molar-refractivity contribution in [1.29, 1.82) is 5.26 Å². The fourth-order valence-corrected chi connectivity index (χ4v) is 5.28. The van der Waals surface area contributed by atoms with Crippen LogP contribution in [-0.4, -0.2) is 18.0 Å². The number of aryl methyl sites for hydroxylation is 1. The zero-order valence-corrected chi connectivity index (χ0v) is 18.7. The topological polar surface area (TPSA) is 87.8 Å². The monoisotopic (exact) mass is 452 g/mol. The van der Waals surface area contributed by atoms with E-state index in [2.05, 4.69) is 26.4 Å². The van der Waals surface area contributed by atoms with Crippen LogP contribution in [0.4, 0.5) is 5.69 Å². The number of nitrogens with zero attached hydrogens (tertiary/aromatic N) is 3. The standard InChI is InChI=1S/C26H20N4O2S/c1-30-23(14-18-7-9-19(17-27)10-8-18)16-21-15-22(11-12-24(21)30)29-33(31,32)25-6-2-4-20-5-3-13-28-26(20)25/h2-13,15-16,29H,14H2,1H3. The summed E-state index contributed by atoms with van der Waals surface area (Å²) in [5, 5.41) is 10.7. The summed E-state index contributed by atoms with van der Waals surface area (Å²) in [5.41, 5.74) is 4.77. The maximum atomic E-state index is 13.1. The van der Waals surface area contributed by atoms with Crippen molar-refractivity contribution in [3.8, 4) is 6.07 Å². The first-order valence-electron chi connectivity index (χ1n) is 10.4. The molecule has 1 N–H and O–H groups in total. The Kier molecular flexibility index (Phi) is 5.08. The van der Waals surface area contributed by atoms with Crippen molar-refractivity contribution in [3.63, 3.8) is 0 Å². The predicted octanol–water partition coefficient (Wildman–Crippen LogP) is 4.99. The smallest absolute Gasteiger partial charge is 0.264 e. The van der Waals surface area contributed by atoms with Gasteiger partial charge < -0.3 is 4.57 Å². The maximum absolute atomic E-state index is 13.1. The van der Waals surface area contributed by atoms with Gasteiger partial charge in [0.15, 0.2) is 0 Å². The molecule has 5 aromatic rings. The Labute approximate surface area is 191 Å². The number of anilines is 1. The SMILES string of the molecule is Cn1c(Cc2ccc(C#N)cc2)cc2cc(NS(=O)(=O)c3cccc4cccnc34)ccc21. The van der Waals surface area contributed by atoms with Gasteiger partial charge in [-0.1, -0.05) is 30.3 Å². The number of hydrogen-bond acceptors (Lipinski definition) is 4. The lowest BCUT2D eigenvalue weighted by Crippen LogP contribution is -2.13. The van der Waals surface area contributed by atoms with Gasteiger partial charge in [0.1, 0.15) is 4.90 Å². The van der Waals surface area contributed by atoms with Gasteiger partial charge in [-0.15, -0.1) is 0 Å². The Morgan fingerprint density at radius 2 is 1.76 bits per heavy atom. The first-order valence-corrected chi connectivity index (χ1v) is 11.9. The molecule has 0 amide bonds. The first kappa shape index (κ1) is 20.7. The van der Waals surface area contributed by atoms with Gasteiger partial charge in [0.05, 0.1) is 17.1 Å². The molecule has 3 aromatic carbocycles. The molecule has 0 bridgehead atoms. The van der Waals surface area contributed by atoms with Crippen LogP contribution in [0.3, 0.4) is 0 Å². The van der Waals surface area contributed by atoms with Crippen LogP contribution in [0, 0.1) is 11.3 Å². The Balaban J connectivity index is 1.46. The van der Waals surface area contributed by atoms with Crippen molar-refractivity contribution in [3.05, 3.63) is 102 Å². The molecule has 7 heteroatoms. The van der Waals surface area contributed by atoms with E-state index in [0.29, 0.717) is 23.2 Å². The van der Waals surface area contributed by atoms with Gasteiger partial charge in [-0.05, 0) is 54.1 Å². The van der Waals surface area contributed by atoms with Crippen LogP contribution in [0.1, 0.15) is 16.8 Å². The molecule has 0 unspecified atom stereocenters. The highest BCUT2D eigenvalue weighted by Crippen LogP contribution is 2.27. The Bertz CT molecular complexity index is 1640. The fraction of sp³-hybridized carbons (Fsp3) is 0.0769. The average Bonchev–Trinajstić information content (AvgIpc) is 3.13. The van der Waals surface area contributed by atoms with Crippen LogP contribution >= 0.6 is 0 Å². The third kappa shape index (κ3) is 3.93. The number of nitriles is 1. The number of fused-ring (bicyclic) bond motifs is 2. The third-order valence-corrected chi connectivity index (χ3v) is 7.16. The van der Waals surface area contributed by atoms with E-state index in [0.717, 1.165) is 27.5 Å². The molecule has 0 radical (unpaired) electrons. The molecule has 0 saturated heterocycles. The fourth-order valence-electron chi connectivity index (χ4n) is 4.05. The number of aromatic nitrogens is 2. The van der Waals surface area contributed by atoms with Crippen LogP contribution in [0.15, 0.2) is 90.0 Å². The summed E-state index contributed by atoms with van der Waals surface area (Å²) in [5.74, 6) is 0. The van der Waals surface area contributed by atoms with Gasteiger partial charge in [-0.25, -0.2) is 8.42 Å². The normalized spacial score (nSPS) is 11.5. The van der Waals surface area contributed by atoms with E-state index in [1.807, 2.05) is 55.6 Å². The summed E-state index contributed by atoms with van der Waals surface area (Å²) < 4.78 is 31.1. The summed E-state index contributed by atoms with van der Waals surface area (Å²) in [6, 6.07) is 26.0. The number of sulfonamides is 1. The number of hydrogen-bond donors (Lipinski definition) is 1. The van der Waals surface area contributed by atoms with Crippen LogP contribution in [-0.2, 0) is 23.5 Å². The summed E-state index contributed by atoms with van der Waals surface area (Å²) in [4.78, 5) is 4.41. The van der Waals surface area contributed by atoms with Gasteiger partial charge in [-0.2, -0.15) is 5.26 Å². The third-order valence-electron chi connectivity index (χ3n) is 5.75. The first-order chi connectivity index (χ1) is 15.9. The van der Waals surface area contributed by atoms with Crippen LogP contribution in [0.5, 0.6) is 0 Å². The minimum absolute atomic E-state index is 0.148. The van der Waals surface area contributed by atoms with Crippen LogP contribution < -0.4 is 4.72 Å². The highest BCUT2D eigenvalue weighted by molar-refractivity contribution is 7.93. The molecule has 0 aliphatic rings. The van der Waals surface area contributed by atoms with E-state index >= 15 is 0 Å². The molecule has 0 atom stereocenters. The Morgan fingerprint density at radius 1 is 0.970 bits per heavy atom. The molecule has 0 aliphatic carbocycles. The molecule has 162 valence electrons. The summed E-state index contributed by atoms with van der Waals surface area (Å²) in [7, 11) is -1.82. The van der Waals surface area contributed by atoms with Crippen LogP contribution in [0.2, 0.25) is 0 Å². The minimum Gasteiger partial charge on any atom is -0.347 e. The molecule has 0 aliphatic heterocycles. The summed E-state index contributed by atoms with van der Waals surface area (Å²) in [6.07, 6.45) is 2.30. The lowest BCUT2D eigenvalue weighted by Gasteiger charge is -2.10. The van der Waals surface area contributed by atoms with Gasteiger partial charge in [0.25, 0.3) is 10.0 Å². The number of nitrogens with one attached hydrogen (secondary N) is 1. The van der Waals surface area contributed by atoms with Crippen LogP contribution in [0.25, 0.3) is 21.8 Å². The summed E-state index contributed by atoms with van der Waals surface area (Å²) >= 11 is 0. The molecule has 0 spiro atoms. The molecule has 2 heterocycles. The largest absolute Gasteiger partial charge is 0.347 e. The number of rotatable bonds is 5. The second kappa shape index (κ2) is 8.08. The van der Waals surface area contributed by atoms with Crippen molar-refractivity contribution >= 4 is 37.5 Å². The number of benzene rings is 3. The molecule has 5 rings (SSSR count). The van der Waals surface area contributed by atoms with Crippen molar-refractivity contribution in [2.75, 3.05) is 4.72 Å². The molecule has 0 fully saturated rings. The molecule has 0 saturated carbocycles. The van der Waals surface area contributed by atoms with Gasteiger partial charge >= 0.3 is 0 Å². The Morgan fingerprint density at radius 3 is 2.55 bits per heavy atom. The average molecular weight is 453 g/mol. The zero-order chi connectivity index (χ0) is 23.0. The molecule has 6 nitrogen and oxygen atoms in total. The van der Waals surface area contributed by atoms with E-state index in [1.54, 1.807) is 30.5 Å². The van der Waals surface area contributed by atoms with Gasteiger partial charge in [0, 0.05) is 47.3 Å². The second-order valence-electron chi connectivity index (χ2n) is 7.89. The highest BCUT2D eigenvalue weighted by atomic mass is 32.2. The molecule has 33 heavy (non-hydrogen) atoms. The van der Waals surface area contributed by atoms with E-state index < -0.39 is 10.0 Å². The molecular formula is C26H20N4O2S. The lowest BCUT2D eigenvalue weighted by atomic mass is 10.1. The predicted molar refractivity (Wildman–Crippen MR) is 129 cm³/mol. The number of pyridine rings is 1. The van der Waals surface area contributed by atoms with E-state index in [-0.39, 0.29) is 4.90 Å². The second-order valence-corrected chi connectivity index (χ2v) is 9.54.